The van der Waals surface area contributed by atoms with Gasteiger partial charge in [-0.1, -0.05) is 6.92 Å². The van der Waals surface area contributed by atoms with Crippen LogP contribution in [0.1, 0.15) is 33.1 Å². The van der Waals surface area contributed by atoms with Gasteiger partial charge in [0.1, 0.15) is 0 Å². The van der Waals surface area contributed by atoms with Gasteiger partial charge in [-0.2, -0.15) is 0 Å². The van der Waals surface area contributed by atoms with E-state index in [1.165, 1.54) is 0 Å². The quantitative estimate of drug-likeness (QED) is 0.602. The summed E-state index contributed by atoms with van der Waals surface area (Å²) in [6, 6.07) is 0. The molecule has 3 heteroatoms. The Morgan fingerprint density at radius 3 is 2.50 bits per heavy atom. The van der Waals surface area contributed by atoms with Crippen molar-refractivity contribution in [3.8, 4) is 0 Å². The van der Waals surface area contributed by atoms with Gasteiger partial charge < -0.3 is 10.8 Å². The molecule has 0 aromatic heterocycles. The molecule has 1 unspecified atom stereocenters. The summed E-state index contributed by atoms with van der Waals surface area (Å²) in [5.74, 6) is -0.353. The SMILES string of the molecule is CCC(C)(O)CCC(N)=O. The molecule has 1 atom stereocenters. The first-order valence-corrected chi connectivity index (χ1v) is 3.48. The normalized spacial score (nSPS) is 16.3. The number of amides is 1. The fourth-order valence-electron chi connectivity index (χ4n) is 0.569. The molecule has 0 radical (unpaired) electrons. The molecule has 0 spiro atoms. The van der Waals surface area contributed by atoms with E-state index in [-0.39, 0.29) is 12.3 Å². The van der Waals surface area contributed by atoms with E-state index in [2.05, 4.69) is 0 Å². The van der Waals surface area contributed by atoms with Crippen LogP contribution in [0, 0.1) is 0 Å². The second-order valence-electron chi connectivity index (χ2n) is 2.82. The topological polar surface area (TPSA) is 63.3 Å². The molecule has 0 saturated carbocycles. The Bertz CT molecular complexity index is 121. The van der Waals surface area contributed by atoms with Crippen molar-refractivity contribution in [1.82, 2.24) is 0 Å². The highest BCUT2D eigenvalue weighted by Gasteiger charge is 2.17. The first kappa shape index (κ1) is 9.43. The lowest BCUT2D eigenvalue weighted by atomic mass is 9.97. The van der Waals surface area contributed by atoms with Crippen molar-refractivity contribution in [3.05, 3.63) is 0 Å². The third kappa shape index (κ3) is 4.32. The van der Waals surface area contributed by atoms with E-state index in [0.29, 0.717) is 12.8 Å². The van der Waals surface area contributed by atoms with Crippen LogP contribution in [0.4, 0.5) is 0 Å². The van der Waals surface area contributed by atoms with Crippen molar-refractivity contribution in [2.75, 3.05) is 0 Å². The Morgan fingerprint density at radius 1 is 1.70 bits per heavy atom. The largest absolute Gasteiger partial charge is 0.390 e. The number of hydrogen-bond acceptors (Lipinski definition) is 2. The molecule has 3 nitrogen and oxygen atoms in total. The van der Waals surface area contributed by atoms with Gasteiger partial charge in [0.2, 0.25) is 5.91 Å². The fraction of sp³-hybridized carbons (Fsp3) is 0.857. The summed E-state index contributed by atoms with van der Waals surface area (Å²) in [7, 11) is 0. The molecule has 0 bridgehead atoms. The zero-order valence-corrected chi connectivity index (χ0v) is 6.55. The first-order chi connectivity index (χ1) is 4.48. The van der Waals surface area contributed by atoms with E-state index >= 15 is 0 Å². The Balaban J connectivity index is 3.56. The highest BCUT2D eigenvalue weighted by Crippen LogP contribution is 2.14. The van der Waals surface area contributed by atoms with Crippen LogP contribution in [0.5, 0.6) is 0 Å². The van der Waals surface area contributed by atoms with Crippen LogP contribution in [-0.2, 0) is 4.79 Å². The predicted molar refractivity (Wildman–Crippen MR) is 39.3 cm³/mol. The smallest absolute Gasteiger partial charge is 0.217 e. The summed E-state index contributed by atoms with van der Waals surface area (Å²) in [5, 5.41) is 9.36. The molecule has 0 aliphatic rings. The van der Waals surface area contributed by atoms with E-state index in [1.807, 2.05) is 6.92 Å². The van der Waals surface area contributed by atoms with Crippen LogP contribution in [0.15, 0.2) is 0 Å². The molecule has 0 heterocycles. The second-order valence-corrected chi connectivity index (χ2v) is 2.82. The van der Waals surface area contributed by atoms with Crippen LogP contribution < -0.4 is 5.73 Å². The molecule has 0 saturated heterocycles. The molecule has 1 amide bonds. The molecule has 60 valence electrons. The molecule has 0 aliphatic carbocycles. The first-order valence-electron chi connectivity index (χ1n) is 3.48. The van der Waals surface area contributed by atoms with Gasteiger partial charge in [0.05, 0.1) is 5.60 Å². The molecule has 0 rings (SSSR count). The zero-order valence-electron chi connectivity index (χ0n) is 6.55. The van der Waals surface area contributed by atoms with Crippen LogP contribution >= 0.6 is 0 Å². The van der Waals surface area contributed by atoms with Gasteiger partial charge in [0.25, 0.3) is 0 Å². The number of nitrogens with two attached hydrogens (primary N) is 1. The van der Waals surface area contributed by atoms with Gasteiger partial charge in [-0.05, 0) is 19.8 Å². The zero-order chi connectivity index (χ0) is 8.20. The van der Waals surface area contributed by atoms with Crippen LogP contribution in [-0.4, -0.2) is 16.6 Å². The maximum atomic E-state index is 10.3. The van der Waals surface area contributed by atoms with E-state index < -0.39 is 5.60 Å². The molecule has 10 heavy (non-hydrogen) atoms. The number of carbonyl (C=O) groups is 1. The van der Waals surface area contributed by atoms with Crippen LogP contribution in [0.25, 0.3) is 0 Å². The Labute approximate surface area is 61.2 Å². The minimum atomic E-state index is -0.727. The minimum absolute atomic E-state index is 0.265. The van der Waals surface area contributed by atoms with Crippen molar-refractivity contribution < 1.29 is 9.90 Å². The molecular formula is C7H15NO2. The van der Waals surface area contributed by atoms with Gasteiger partial charge >= 0.3 is 0 Å². The average molecular weight is 145 g/mol. The summed E-state index contributed by atoms with van der Waals surface area (Å²) in [5.41, 5.74) is 4.18. The van der Waals surface area contributed by atoms with Crippen molar-refractivity contribution in [1.29, 1.82) is 0 Å². The lowest BCUT2D eigenvalue weighted by Crippen LogP contribution is -2.25. The number of rotatable bonds is 4. The van der Waals surface area contributed by atoms with Crippen LogP contribution in [0.2, 0.25) is 0 Å². The summed E-state index contributed by atoms with van der Waals surface area (Å²) >= 11 is 0. The Kier molecular flexibility index (Phi) is 3.36. The summed E-state index contributed by atoms with van der Waals surface area (Å²) in [4.78, 5) is 10.3. The Hall–Kier alpha value is -0.570. The highest BCUT2D eigenvalue weighted by atomic mass is 16.3. The molecule has 0 aromatic carbocycles. The van der Waals surface area contributed by atoms with E-state index in [1.54, 1.807) is 6.92 Å². The fourth-order valence-corrected chi connectivity index (χ4v) is 0.569. The second kappa shape index (κ2) is 3.56. The van der Waals surface area contributed by atoms with Crippen molar-refractivity contribution >= 4 is 5.91 Å². The molecule has 3 N–H and O–H groups in total. The molecule has 0 aliphatic heterocycles. The minimum Gasteiger partial charge on any atom is -0.390 e. The molecular weight excluding hydrogens is 130 g/mol. The van der Waals surface area contributed by atoms with E-state index in [4.69, 9.17) is 5.73 Å². The van der Waals surface area contributed by atoms with Crippen molar-refractivity contribution in [2.45, 2.75) is 38.7 Å². The summed E-state index contributed by atoms with van der Waals surface area (Å²) in [6.45, 7) is 3.58. The van der Waals surface area contributed by atoms with Crippen LogP contribution in [0.3, 0.4) is 0 Å². The van der Waals surface area contributed by atoms with Crippen molar-refractivity contribution in [2.24, 2.45) is 5.73 Å². The van der Waals surface area contributed by atoms with Crippen molar-refractivity contribution in [3.63, 3.8) is 0 Å². The lowest BCUT2D eigenvalue weighted by molar-refractivity contribution is -0.119. The summed E-state index contributed by atoms with van der Waals surface area (Å²) < 4.78 is 0. The standard InChI is InChI=1S/C7H15NO2/c1-3-7(2,10)5-4-6(8)9/h10H,3-5H2,1-2H3,(H2,8,9). The maximum Gasteiger partial charge on any atom is 0.217 e. The van der Waals surface area contributed by atoms with Gasteiger partial charge in [-0.15, -0.1) is 0 Å². The highest BCUT2D eigenvalue weighted by molar-refractivity contribution is 5.73. The van der Waals surface area contributed by atoms with Gasteiger partial charge in [-0.3, -0.25) is 4.79 Å². The van der Waals surface area contributed by atoms with Gasteiger partial charge in [-0.25, -0.2) is 0 Å². The predicted octanol–water partition coefficient (Wildman–Crippen LogP) is 0.413. The third-order valence-electron chi connectivity index (χ3n) is 1.67. The number of aliphatic hydroxyl groups is 1. The Morgan fingerprint density at radius 2 is 2.20 bits per heavy atom. The van der Waals surface area contributed by atoms with E-state index in [9.17, 15) is 9.90 Å². The summed E-state index contributed by atoms with van der Waals surface area (Å²) in [6.07, 6.45) is 1.37. The van der Waals surface area contributed by atoms with Gasteiger partial charge in [0.15, 0.2) is 0 Å². The average Bonchev–Trinajstić information content (AvgIpc) is 1.85. The lowest BCUT2D eigenvalue weighted by Gasteiger charge is -2.19. The number of carbonyl (C=O) groups excluding carboxylic acids is 1. The van der Waals surface area contributed by atoms with Gasteiger partial charge in [0, 0.05) is 6.42 Å². The van der Waals surface area contributed by atoms with E-state index in [0.717, 1.165) is 0 Å². The molecule has 0 fully saturated rings. The monoisotopic (exact) mass is 145 g/mol. The molecule has 0 aromatic rings. The number of primary amides is 1. The maximum absolute atomic E-state index is 10.3. The third-order valence-corrected chi connectivity index (χ3v) is 1.67. The number of hydrogen-bond donors (Lipinski definition) is 2.